The average molecular weight is 620 g/mol. The Morgan fingerprint density at radius 3 is 2.25 bits per heavy atom. The maximum absolute atomic E-state index is 14.1. The van der Waals surface area contributed by atoms with Gasteiger partial charge in [0.15, 0.2) is 0 Å². The Balaban J connectivity index is 1.59. The van der Waals surface area contributed by atoms with Crippen LogP contribution in [0.1, 0.15) is 62.1 Å². The number of anilines is 1. The number of aryl methyl sites for hydroxylation is 1. The van der Waals surface area contributed by atoms with Crippen LogP contribution >= 0.6 is 0 Å². The summed E-state index contributed by atoms with van der Waals surface area (Å²) < 4.78 is 32.7. The fourth-order valence-electron chi connectivity index (χ4n) is 5.73. The van der Waals surface area contributed by atoms with Crippen molar-refractivity contribution >= 4 is 27.5 Å². The molecule has 1 aliphatic carbocycles. The largest absolute Gasteiger partial charge is 0.492 e. The quantitative estimate of drug-likeness (QED) is 0.238. The third-order valence-electron chi connectivity index (χ3n) is 8.03. The molecular formula is C35H45N3O5S. The summed E-state index contributed by atoms with van der Waals surface area (Å²) in [5.74, 6) is 0.128. The molecule has 4 rings (SSSR count). The number of carbonyl (C=O) groups is 2. The number of benzene rings is 3. The first-order valence-electron chi connectivity index (χ1n) is 15.5. The molecule has 0 radical (unpaired) electrons. The van der Waals surface area contributed by atoms with Crippen molar-refractivity contribution in [2.75, 3.05) is 23.7 Å². The number of sulfonamides is 1. The molecule has 1 saturated carbocycles. The Morgan fingerprint density at radius 1 is 0.932 bits per heavy atom. The molecule has 2 amide bonds. The van der Waals surface area contributed by atoms with Gasteiger partial charge >= 0.3 is 0 Å². The Labute approximate surface area is 262 Å². The Bertz CT molecular complexity index is 1470. The van der Waals surface area contributed by atoms with Crippen LogP contribution in [0.2, 0.25) is 0 Å². The Morgan fingerprint density at radius 2 is 1.59 bits per heavy atom. The molecule has 0 heterocycles. The zero-order valence-corrected chi connectivity index (χ0v) is 26.9. The van der Waals surface area contributed by atoms with Gasteiger partial charge in [0, 0.05) is 32.0 Å². The number of amides is 2. The van der Waals surface area contributed by atoms with Crippen LogP contribution in [0.5, 0.6) is 5.75 Å². The summed E-state index contributed by atoms with van der Waals surface area (Å²) in [5.41, 5.74) is 3.45. The number of carbonyl (C=O) groups excluding carboxylic acids is 2. The van der Waals surface area contributed by atoms with Gasteiger partial charge in [0.1, 0.15) is 11.8 Å². The highest BCUT2D eigenvalue weighted by Crippen LogP contribution is 2.30. The molecule has 0 unspecified atom stereocenters. The van der Waals surface area contributed by atoms with Gasteiger partial charge in [-0.1, -0.05) is 85.1 Å². The molecule has 44 heavy (non-hydrogen) atoms. The Hall–Kier alpha value is -3.85. The minimum absolute atomic E-state index is 0.0800. The van der Waals surface area contributed by atoms with E-state index in [4.69, 9.17) is 4.74 Å². The smallest absolute Gasteiger partial charge is 0.243 e. The van der Waals surface area contributed by atoms with E-state index in [1.165, 1.54) is 4.31 Å². The average Bonchev–Trinajstić information content (AvgIpc) is 3.51. The van der Waals surface area contributed by atoms with Gasteiger partial charge in [-0.2, -0.15) is 0 Å². The molecule has 0 aromatic heterocycles. The highest BCUT2D eigenvalue weighted by Gasteiger charge is 2.32. The molecule has 0 saturated heterocycles. The van der Waals surface area contributed by atoms with Crippen LogP contribution in [0, 0.1) is 6.92 Å². The number of rotatable bonds is 15. The molecule has 1 fully saturated rings. The first-order chi connectivity index (χ1) is 21.2. The molecule has 3 aromatic rings. The van der Waals surface area contributed by atoms with Crippen molar-refractivity contribution in [2.24, 2.45) is 0 Å². The van der Waals surface area contributed by atoms with Gasteiger partial charge in [-0.05, 0) is 56.4 Å². The number of hydrogen-bond donors (Lipinski definition) is 1. The molecule has 1 atom stereocenters. The molecular weight excluding hydrogens is 574 g/mol. The van der Waals surface area contributed by atoms with E-state index < -0.39 is 16.1 Å². The summed E-state index contributed by atoms with van der Waals surface area (Å²) in [6.07, 6.45) is 5.96. The number of para-hydroxylation sites is 2. The predicted octanol–water partition coefficient (Wildman–Crippen LogP) is 5.64. The lowest BCUT2D eigenvalue weighted by Crippen LogP contribution is -2.52. The summed E-state index contributed by atoms with van der Waals surface area (Å²) in [5, 5.41) is 3.23. The van der Waals surface area contributed by atoms with Crippen molar-refractivity contribution in [3.63, 3.8) is 0 Å². The third-order valence-corrected chi connectivity index (χ3v) is 9.21. The van der Waals surface area contributed by atoms with E-state index in [0.717, 1.165) is 48.6 Å². The van der Waals surface area contributed by atoms with Gasteiger partial charge in [-0.15, -0.1) is 0 Å². The maximum Gasteiger partial charge on any atom is 0.243 e. The van der Waals surface area contributed by atoms with Gasteiger partial charge in [-0.25, -0.2) is 8.42 Å². The minimum atomic E-state index is -3.65. The highest BCUT2D eigenvalue weighted by atomic mass is 32.2. The number of ether oxygens (including phenoxy) is 1. The van der Waals surface area contributed by atoms with Crippen LogP contribution in [-0.2, 0) is 32.6 Å². The molecule has 0 aliphatic heterocycles. The van der Waals surface area contributed by atoms with Gasteiger partial charge in [0.25, 0.3) is 0 Å². The van der Waals surface area contributed by atoms with Crippen LogP contribution < -0.4 is 14.4 Å². The van der Waals surface area contributed by atoms with E-state index in [2.05, 4.69) is 5.32 Å². The van der Waals surface area contributed by atoms with Crippen LogP contribution in [0.25, 0.3) is 0 Å². The van der Waals surface area contributed by atoms with E-state index in [0.29, 0.717) is 24.5 Å². The van der Waals surface area contributed by atoms with Crippen molar-refractivity contribution in [3.05, 3.63) is 95.6 Å². The molecule has 3 aromatic carbocycles. The second-order valence-corrected chi connectivity index (χ2v) is 13.4. The van der Waals surface area contributed by atoms with Crippen molar-refractivity contribution in [1.82, 2.24) is 10.2 Å². The lowest BCUT2D eigenvalue weighted by atomic mass is 10.0. The predicted molar refractivity (Wildman–Crippen MR) is 175 cm³/mol. The van der Waals surface area contributed by atoms with Gasteiger partial charge in [0.2, 0.25) is 21.8 Å². The van der Waals surface area contributed by atoms with E-state index in [-0.39, 0.29) is 43.8 Å². The minimum Gasteiger partial charge on any atom is -0.492 e. The first-order valence-corrected chi connectivity index (χ1v) is 17.4. The summed E-state index contributed by atoms with van der Waals surface area (Å²) in [6.45, 7) is 4.63. The standard InChI is InChI=1S/C35H45N3O5S/c1-4-43-33-18-11-10-17-31(33)38(44(3,41)42)24-12-19-34(39)37(26-29-22-20-27(2)21-23-29)32(25-28-13-6-5-7-14-28)35(40)36-30-15-8-9-16-30/h5-7,10-11,13-14,17-18,20-23,30,32H,4,8-9,12,15-16,19,24-26H2,1-3H3,(H,36,40)/t32-/m0/s1. The molecule has 236 valence electrons. The first kappa shape index (κ1) is 33.1. The molecule has 1 aliphatic rings. The zero-order chi connectivity index (χ0) is 31.5. The van der Waals surface area contributed by atoms with Gasteiger partial charge in [0.05, 0.1) is 18.6 Å². The van der Waals surface area contributed by atoms with Crippen molar-refractivity contribution in [2.45, 2.75) is 77.4 Å². The van der Waals surface area contributed by atoms with Crippen molar-refractivity contribution in [3.8, 4) is 5.75 Å². The monoisotopic (exact) mass is 619 g/mol. The van der Waals surface area contributed by atoms with Crippen LogP contribution in [0.4, 0.5) is 5.69 Å². The zero-order valence-electron chi connectivity index (χ0n) is 26.1. The van der Waals surface area contributed by atoms with E-state index in [1.54, 1.807) is 29.2 Å². The number of nitrogens with zero attached hydrogens (tertiary/aromatic N) is 2. The molecule has 0 spiro atoms. The summed E-state index contributed by atoms with van der Waals surface area (Å²) in [7, 11) is -3.65. The SMILES string of the molecule is CCOc1ccccc1N(CCCC(=O)N(Cc1ccc(C)cc1)[C@@H](Cc1ccccc1)C(=O)NC1CCCC1)S(C)(=O)=O. The van der Waals surface area contributed by atoms with E-state index in [9.17, 15) is 18.0 Å². The van der Waals surface area contributed by atoms with E-state index >= 15 is 0 Å². The summed E-state index contributed by atoms with van der Waals surface area (Å²) in [4.78, 5) is 29.6. The van der Waals surface area contributed by atoms with Crippen molar-refractivity contribution < 1.29 is 22.7 Å². The second kappa shape index (κ2) is 15.7. The van der Waals surface area contributed by atoms with E-state index in [1.807, 2.05) is 68.4 Å². The highest BCUT2D eigenvalue weighted by molar-refractivity contribution is 7.92. The fraction of sp³-hybridized carbons (Fsp3) is 0.429. The van der Waals surface area contributed by atoms with Gasteiger partial charge < -0.3 is 15.0 Å². The molecule has 0 bridgehead atoms. The second-order valence-electron chi connectivity index (χ2n) is 11.5. The Kier molecular flexibility index (Phi) is 11.8. The van der Waals surface area contributed by atoms with Crippen molar-refractivity contribution in [1.29, 1.82) is 0 Å². The number of hydrogen-bond acceptors (Lipinski definition) is 5. The van der Waals surface area contributed by atoms with Crippen LogP contribution in [0.15, 0.2) is 78.9 Å². The topological polar surface area (TPSA) is 96.0 Å². The lowest BCUT2D eigenvalue weighted by molar-refractivity contribution is -0.141. The lowest BCUT2D eigenvalue weighted by Gasteiger charge is -2.33. The molecule has 8 nitrogen and oxygen atoms in total. The van der Waals surface area contributed by atoms with Gasteiger partial charge in [-0.3, -0.25) is 13.9 Å². The fourth-order valence-corrected chi connectivity index (χ4v) is 6.70. The summed E-state index contributed by atoms with van der Waals surface area (Å²) >= 11 is 0. The van der Waals surface area contributed by atoms with Crippen LogP contribution in [0.3, 0.4) is 0 Å². The molecule has 9 heteroatoms. The molecule has 1 N–H and O–H groups in total. The van der Waals surface area contributed by atoms with Crippen LogP contribution in [-0.4, -0.2) is 56.6 Å². The maximum atomic E-state index is 14.1. The third kappa shape index (κ3) is 9.32. The number of nitrogens with one attached hydrogen (secondary N) is 1. The normalized spacial score (nSPS) is 14.2. The summed E-state index contributed by atoms with van der Waals surface area (Å²) in [6, 6.07) is 24.2.